The van der Waals surface area contributed by atoms with Crippen molar-refractivity contribution >= 4 is 12.0 Å². The molecule has 0 aromatic heterocycles. The van der Waals surface area contributed by atoms with Gasteiger partial charge in [-0.15, -0.1) is 0 Å². The van der Waals surface area contributed by atoms with Crippen molar-refractivity contribution in [2.24, 2.45) is 40.4 Å². The monoisotopic (exact) mass is 328 g/mol. The first-order chi connectivity index (χ1) is 11.5. The smallest absolute Gasteiger partial charge is 0.323 e. The lowest BCUT2D eigenvalue weighted by molar-refractivity contribution is -0.132. The highest BCUT2D eigenvalue weighted by atomic mass is 16.1. The number of carbonyl (C=O) groups excluding carboxylic acids is 1. The largest absolute Gasteiger partial charge is 0.361 e. The molecule has 0 amide bonds. The minimum Gasteiger partial charge on any atom is -0.361 e. The predicted octanol–water partition coefficient (Wildman–Crippen LogP) is 4.91. The van der Waals surface area contributed by atoms with E-state index >= 15 is 0 Å². The molecule has 0 aromatic carbocycles. The molecule has 0 spiro atoms. The molecule has 0 bridgehead atoms. The van der Waals surface area contributed by atoms with Gasteiger partial charge in [-0.05, 0) is 85.9 Å². The second-order valence-corrected chi connectivity index (χ2v) is 9.72. The first-order valence-corrected chi connectivity index (χ1v) is 10.2. The van der Waals surface area contributed by atoms with E-state index in [0.29, 0.717) is 11.3 Å². The highest BCUT2D eigenvalue weighted by molar-refractivity contribution is 6.26. The average Bonchev–Trinajstić information content (AvgIpc) is 2.92. The molecule has 4 fully saturated rings. The van der Waals surface area contributed by atoms with E-state index in [-0.39, 0.29) is 17.1 Å². The van der Waals surface area contributed by atoms with Crippen LogP contribution in [0.15, 0.2) is 0 Å². The molecule has 0 N–H and O–H groups in total. The van der Waals surface area contributed by atoms with Crippen molar-refractivity contribution in [1.82, 2.24) is 0 Å². The summed E-state index contributed by atoms with van der Waals surface area (Å²) < 4.78 is 0. The van der Waals surface area contributed by atoms with E-state index in [1.165, 1.54) is 57.8 Å². The Bertz CT molecular complexity index is 580. The summed E-state index contributed by atoms with van der Waals surface area (Å²) in [5.41, 5.74) is 9.48. The van der Waals surface area contributed by atoms with Crippen LogP contribution in [-0.2, 0) is 4.79 Å². The zero-order valence-electron chi connectivity index (χ0n) is 15.3. The van der Waals surface area contributed by atoms with Crippen LogP contribution in [0.2, 0.25) is 0 Å². The molecular formula is C21H32N2O. The van der Waals surface area contributed by atoms with E-state index in [1.54, 1.807) is 0 Å². The third-order valence-corrected chi connectivity index (χ3v) is 9.11. The third-order valence-electron chi connectivity index (χ3n) is 9.11. The third kappa shape index (κ3) is 2.20. The highest BCUT2D eigenvalue weighted by Gasteiger charge is 2.60. The maximum atomic E-state index is 12.4. The SMILES string of the molecule is C[C@]12CCCC[C@@H]1CC[C@@H]1[C@@H]2CC[C@]2(C)[C@@H](C(=O)C=[N+]=[N-])CC[C@@H]12. The van der Waals surface area contributed by atoms with Crippen LogP contribution in [-0.4, -0.2) is 16.8 Å². The van der Waals surface area contributed by atoms with E-state index < -0.39 is 0 Å². The van der Waals surface area contributed by atoms with Crippen LogP contribution in [0.1, 0.15) is 78.1 Å². The van der Waals surface area contributed by atoms with Crippen molar-refractivity contribution in [1.29, 1.82) is 0 Å². The minimum absolute atomic E-state index is 0.0542. The Balaban J connectivity index is 1.61. The molecule has 4 saturated carbocycles. The molecule has 7 atom stereocenters. The lowest BCUT2D eigenvalue weighted by Crippen LogP contribution is -2.53. The minimum atomic E-state index is 0.0542. The molecule has 3 nitrogen and oxygen atoms in total. The van der Waals surface area contributed by atoms with Crippen LogP contribution < -0.4 is 0 Å². The summed E-state index contributed by atoms with van der Waals surface area (Å²) in [5.74, 6) is 3.51. The second kappa shape index (κ2) is 5.80. The first-order valence-electron chi connectivity index (χ1n) is 10.2. The molecule has 0 unspecified atom stereocenters. The lowest BCUT2D eigenvalue weighted by Gasteiger charge is -2.60. The molecule has 4 aliphatic carbocycles. The molecule has 4 aliphatic rings. The Labute approximate surface area is 146 Å². The maximum Gasteiger partial charge on any atom is 0.323 e. The summed E-state index contributed by atoms with van der Waals surface area (Å²) in [4.78, 5) is 15.5. The van der Waals surface area contributed by atoms with Crippen LogP contribution in [0, 0.1) is 40.4 Å². The van der Waals surface area contributed by atoms with E-state index in [9.17, 15) is 4.79 Å². The maximum absolute atomic E-state index is 12.4. The number of nitrogens with zero attached hydrogens (tertiary/aromatic N) is 2. The number of carbonyl (C=O) groups is 1. The number of Topliss-reactive ketones (excluding diaryl/α,β-unsaturated/α-hetero) is 1. The summed E-state index contributed by atoms with van der Waals surface area (Å²) in [6.45, 7) is 4.97. The van der Waals surface area contributed by atoms with Gasteiger partial charge in [0.2, 0.25) is 5.78 Å². The van der Waals surface area contributed by atoms with Crippen molar-refractivity contribution in [2.75, 3.05) is 0 Å². The fourth-order valence-corrected chi connectivity index (χ4v) is 7.91. The Kier molecular flexibility index (Phi) is 3.99. The lowest BCUT2D eigenvalue weighted by atomic mass is 9.45. The molecule has 0 radical (unpaired) electrons. The van der Waals surface area contributed by atoms with Crippen molar-refractivity contribution in [2.45, 2.75) is 78.1 Å². The van der Waals surface area contributed by atoms with E-state index in [2.05, 4.69) is 18.6 Å². The Morgan fingerprint density at radius 2 is 1.75 bits per heavy atom. The van der Waals surface area contributed by atoms with Gasteiger partial charge in [-0.2, -0.15) is 4.79 Å². The van der Waals surface area contributed by atoms with Gasteiger partial charge in [0, 0.05) is 5.92 Å². The highest BCUT2D eigenvalue weighted by Crippen LogP contribution is 2.67. The average molecular weight is 329 g/mol. The quantitative estimate of drug-likeness (QED) is 0.404. The van der Waals surface area contributed by atoms with Gasteiger partial charge in [0.15, 0.2) is 0 Å². The van der Waals surface area contributed by atoms with Crippen molar-refractivity contribution in [3.63, 3.8) is 0 Å². The van der Waals surface area contributed by atoms with Crippen LogP contribution in [0.3, 0.4) is 0 Å². The zero-order chi connectivity index (χ0) is 16.9. The molecule has 4 rings (SSSR count). The van der Waals surface area contributed by atoms with Gasteiger partial charge >= 0.3 is 6.21 Å². The molecule has 0 aromatic rings. The Morgan fingerprint density at radius 1 is 0.958 bits per heavy atom. The van der Waals surface area contributed by atoms with Crippen LogP contribution >= 0.6 is 0 Å². The number of ketones is 1. The van der Waals surface area contributed by atoms with Crippen molar-refractivity contribution in [3.8, 4) is 0 Å². The van der Waals surface area contributed by atoms with Crippen molar-refractivity contribution in [3.05, 3.63) is 5.53 Å². The normalized spacial score (nSPS) is 50.2. The van der Waals surface area contributed by atoms with E-state index in [1.807, 2.05) is 0 Å². The predicted molar refractivity (Wildman–Crippen MR) is 94.5 cm³/mol. The Hall–Kier alpha value is -0.950. The molecule has 132 valence electrons. The van der Waals surface area contributed by atoms with Gasteiger partial charge in [0.25, 0.3) is 0 Å². The van der Waals surface area contributed by atoms with Crippen LogP contribution in [0.25, 0.3) is 5.53 Å². The summed E-state index contributed by atoms with van der Waals surface area (Å²) in [7, 11) is 0. The van der Waals surface area contributed by atoms with Crippen molar-refractivity contribution < 1.29 is 9.58 Å². The molecular weight excluding hydrogens is 296 g/mol. The number of fused-ring (bicyclic) bond motifs is 5. The van der Waals surface area contributed by atoms with Gasteiger partial charge < -0.3 is 5.53 Å². The standard InChI is InChI=1S/C21H32N2O/c1-20-11-4-3-5-14(20)6-7-15-16-8-9-18(19(24)13-23-22)21(16,2)12-10-17(15)20/h13-18H,3-12H2,1-2H3/t14-,15+,16+,17+,18-,20+,21+/m1/s1. The van der Waals surface area contributed by atoms with E-state index in [0.717, 1.165) is 30.4 Å². The van der Waals surface area contributed by atoms with Crippen LogP contribution in [0.4, 0.5) is 0 Å². The fraction of sp³-hybridized carbons (Fsp3) is 0.905. The van der Waals surface area contributed by atoms with Gasteiger partial charge in [-0.3, -0.25) is 4.79 Å². The topological polar surface area (TPSA) is 53.5 Å². The fourth-order valence-electron chi connectivity index (χ4n) is 7.91. The summed E-state index contributed by atoms with van der Waals surface area (Å²) in [5, 5.41) is 0. The molecule has 0 aliphatic heterocycles. The number of hydrogen-bond donors (Lipinski definition) is 0. The zero-order valence-corrected chi connectivity index (χ0v) is 15.3. The van der Waals surface area contributed by atoms with Gasteiger partial charge in [-0.1, -0.05) is 26.7 Å². The Morgan fingerprint density at radius 3 is 2.54 bits per heavy atom. The summed E-state index contributed by atoms with van der Waals surface area (Å²) in [6, 6.07) is 0. The van der Waals surface area contributed by atoms with Crippen LogP contribution in [0.5, 0.6) is 0 Å². The second-order valence-electron chi connectivity index (χ2n) is 9.72. The molecule has 0 saturated heterocycles. The van der Waals surface area contributed by atoms with Gasteiger partial charge in [0.05, 0.1) is 0 Å². The molecule has 0 heterocycles. The van der Waals surface area contributed by atoms with E-state index in [4.69, 9.17) is 5.53 Å². The number of hydrogen-bond acceptors (Lipinski definition) is 1. The number of rotatable bonds is 2. The molecule has 3 heteroatoms. The van der Waals surface area contributed by atoms with Gasteiger partial charge in [-0.25, -0.2) is 0 Å². The van der Waals surface area contributed by atoms with Gasteiger partial charge in [0.1, 0.15) is 0 Å². The summed E-state index contributed by atoms with van der Waals surface area (Å²) in [6.07, 6.45) is 14.4. The summed E-state index contributed by atoms with van der Waals surface area (Å²) >= 11 is 0. The first kappa shape index (κ1) is 16.5. The molecule has 24 heavy (non-hydrogen) atoms.